The Hall–Kier alpha value is -2.02. The van der Waals surface area contributed by atoms with Gasteiger partial charge in [-0.3, -0.25) is 4.79 Å². The van der Waals surface area contributed by atoms with E-state index in [1.54, 1.807) is 30.3 Å². The van der Waals surface area contributed by atoms with E-state index in [0.29, 0.717) is 26.9 Å². The summed E-state index contributed by atoms with van der Waals surface area (Å²) < 4.78 is 0. The molecule has 100 valence electrons. The van der Waals surface area contributed by atoms with Crippen LogP contribution in [0.15, 0.2) is 36.4 Å². The fourth-order valence-corrected chi connectivity index (χ4v) is 2.27. The van der Waals surface area contributed by atoms with Crippen molar-refractivity contribution in [2.24, 2.45) is 0 Å². The van der Waals surface area contributed by atoms with Crippen LogP contribution in [0.2, 0.25) is 10.0 Å². The van der Waals surface area contributed by atoms with E-state index in [9.17, 15) is 4.79 Å². The van der Waals surface area contributed by atoms with E-state index in [-0.39, 0.29) is 5.91 Å². The SMILES string of the molecule is Cc1cc(Cl)cc(C(=O)Nc2ccc(C#N)cc2Cl)c1. The molecule has 2 aromatic rings. The van der Waals surface area contributed by atoms with Gasteiger partial charge in [-0.25, -0.2) is 0 Å². The maximum atomic E-state index is 12.1. The van der Waals surface area contributed by atoms with Crippen molar-refractivity contribution in [3.05, 3.63) is 63.1 Å². The molecule has 1 N–H and O–H groups in total. The highest BCUT2D eigenvalue weighted by molar-refractivity contribution is 6.34. The summed E-state index contributed by atoms with van der Waals surface area (Å²) in [6.07, 6.45) is 0. The number of anilines is 1. The Morgan fingerprint density at radius 1 is 1.20 bits per heavy atom. The van der Waals surface area contributed by atoms with Gasteiger partial charge in [-0.05, 0) is 48.9 Å². The third-order valence-corrected chi connectivity index (χ3v) is 3.18. The van der Waals surface area contributed by atoms with Crippen molar-refractivity contribution in [1.82, 2.24) is 0 Å². The molecule has 0 spiro atoms. The van der Waals surface area contributed by atoms with Crippen LogP contribution in [0.4, 0.5) is 5.69 Å². The molecule has 2 rings (SSSR count). The quantitative estimate of drug-likeness (QED) is 0.892. The molecule has 2 aromatic carbocycles. The van der Waals surface area contributed by atoms with E-state index >= 15 is 0 Å². The Morgan fingerprint density at radius 3 is 2.55 bits per heavy atom. The lowest BCUT2D eigenvalue weighted by atomic mass is 10.1. The molecule has 0 saturated heterocycles. The molecule has 20 heavy (non-hydrogen) atoms. The van der Waals surface area contributed by atoms with E-state index in [0.717, 1.165) is 5.56 Å². The molecule has 0 radical (unpaired) electrons. The van der Waals surface area contributed by atoms with Gasteiger partial charge in [0.15, 0.2) is 0 Å². The summed E-state index contributed by atoms with van der Waals surface area (Å²) in [6, 6.07) is 11.8. The van der Waals surface area contributed by atoms with E-state index in [2.05, 4.69) is 5.32 Å². The first-order chi connectivity index (χ1) is 9.49. The zero-order valence-electron chi connectivity index (χ0n) is 10.6. The largest absolute Gasteiger partial charge is 0.321 e. The predicted octanol–water partition coefficient (Wildman–Crippen LogP) is 4.43. The van der Waals surface area contributed by atoms with Crippen LogP contribution in [0.1, 0.15) is 21.5 Å². The molecular weight excluding hydrogens is 295 g/mol. The van der Waals surface area contributed by atoms with Crippen molar-refractivity contribution in [2.45, 2.75) is 6.92 Å². The Balaban J connectivity index is 2.26. The van der Waals surface area contributed by atoms with Crippen LogP contribution in [0.5, 0.6) is 0 Å². The molecule has 0 aliphatic rings. The fraction of sp³-hybridized carbons (Fsp3) is 0.0667. The summed E-state index contributed by atoms with van der Waals surface area (Å²) in [5.41, 5.74) is 2.24. The van der Waals surface area contributed by atoms with Crippen LogP contribution in [-0.4, -0.2) is 5.91 Å². The van der Waals surface area contributed by atoms with Gasteiger partial charge in [0, 0.05) is 10.6 Å². The number of hydrogen-bond donors (Lipinski definition) is 1. The Kier molecular flexibility index (Phi) is 4.29. The number of hydrogen-bond acceptors (Lipinski definition) is 2. The normalized spacial score (nSPS) is 9.90. The Bertz CT molecular complexity index is 700. The molecule has 0 aliphatic carbocycles. The van der Waals surface area contributed by atoms with Gasteiger partial charge in [0.2, 0.25) is 0 Å². The molecule has 0 aliphatic heterocycles. The van der Waals surface area contributed by atoms with Gasteiger partial charge in [-0.2, -0.15) is 5.26 Å². The number of nitrogens with one attached hydrogen (secondary N) is 1. The first-order valence-electron chi connectivity index (χ1n) is 5.78. The Labute approximate surface area is 126 Å². The van der Waals surface area contributed by atoms with Crippen molar-refractivity contribution >= 4 is 34.8 Å². The third kappa shape index (κ3) is 3.30. The maximum absolute atomic E-state index is 12.1. The second kappa shape index (κ2) is 5.96. The van der Waals surface area contributed by atoms with E-state index < -0.39 is 0 Å². The second-order valence-electron chi connectivity index (χ2n) is 4.28. The molecule has 0 bridgehead atoms. The van der Waals surface area contributed by atoms with Crippen LogP contribution in [0, 0.1) is 18.3 Å². The topological polar surface area (TPSA) is 52.9 Å². The average Bonchev–Trinajstić information content (AvgIpc) is 2.39. The lowest BCUT2D eigenvalue weighted by Gasteiger charge is -2.08. The van der Waals surface area contributed by atoms with Crippen LogP contribution in [0.3, 0.4) is 0 Å². The summed E-state index contributed by atoms with van der Waals surface area (Å²) in [6.45, 7) is 1.86. The van der Waals surface area contributed by atoms with Crippen molar-refractivity contribution in [3.63, 3.8) is 0 Å². The molecule has 0 atom stereocenters. The summed E-state index contributed by atoms with van der Waals surface area (Å²) >= 11 is 11.9. The average molecular weight is 305 g/mol. The van der Waals surface area contributed by atoms with Gasteiger partial charge in [0.1, 0.15) is 0 Å². The van der Waals surface area contributed by atoms with Gasteiger partial charge in [0.05, 0.1) is 22.3 Å². The highest BCUT2D eigenvalue weighted by atomic mass is 35.5. The minimum Gasteiger partial charge on any atom is -0.321 e. The van der Waals surface area contributed by atoms with Crippen LogP contribution in [-0.2, 0) is 0 Å². The van der Waals surface area contributed by atoms with E-state index in [1.807, 2.05) is 13.0 Å². The standard InChI is InChI=1S/C15H10Cl2N2O/c1-9-4-11(7-12(16)5-9)15(20)19-14-3-2-10(8-18)6-13(14)17/h2-7H,1H3,(H,19,20). The maximum Gasteiger partial charge on any atom is 0.255 e. The number of amides is 1. The minimum atomic E-state index is -0.304. The molecule has 0 fully saturated rings. The number of carbonyl (C=O) groups is 1. The smallest absolute Gasteiger partial charge is 0.255 e. The molecule has 0 saturated carbocycles. The van der Waals surface area contributed by atoms with Crippen molar-refractivity contribution < 1.29 is 4.79 Å². The number of halogens is 2. The summed E-state index contributed by atoms with van der Waals surface area (Å²) in [4.78, 5) is 12.1. The number of rotatable bonds is 2. The molecular formula is C15H10Cl2N2O. The molecule has 0 heterocycles. The van der Waals surface area contributed by atoms with Crippen LogP contribution in [0.25, 0.3) is 0 Å². The molecule has 0 unspecified atom stereocenters. The number of carbonyl (C=O) groups excluding carboxylic acids is 1. The molecule has 0 aromatic heterocycles. The molecule has 3 nitrogen and oxygen atoms in total. The first-order valence-corrected chi connectivity index (χ1v) is 6.53. The molecule has 1 amide bonds. The van der Waals surface area contributed by atoms with Crippen molar-refractivity contribution in [1.29, 1.82) is 5.26 Å². The number of nitrogens with zero attached hydrogens (tertiary/aromatic N) is 1. The zero-order valence-corrected chi connectivity index (χ0v) is 12.1. The zero-order chi connectivity index (χ0) is 14.7. The lowest BCUT2D eigenvalue weighted by Crippen LogP contribution is -2.12. The second-order valence-corrected chi connectivity index (χ2v) is 5.12. The lowest BCUT2D eigenvalue weighted by molar-refractivity contribution is 0.102. The monoisotopic (exact) mass is 304 g/mol. The van der Waals surface area contributed by atoms with Crippen LogP contribution >= 0.6 is 23.2 Å². The van der Waals surface area contributed by atoms with E-state index in [4.69, 9.17) is 28.5 Å². The summed E-state index contributed by atoms with van der Waals surface area (Å²) in [7, 11) is 0. The van der Waals surface area contributed by atoms with Gasteiger partial charge in [0.25, 0.3) is 5.91 Å². The minimum absolute atomic E-state index is 0.304. The molecule has 5 heteroatoms. The van der Waals surface area contributed by atoms with Crippen molar-refractivity contribution in [2.75, 3.05) is 5.32 Å². The predicted molar refractivity (Wildman–Crippen MR) is 80.3 cm³/mol. The number of aryl methyl sites for hydroxylation is 1. The Morgan fingerprint density at radius 2 is 1.95 bits per heavy atom. The summed E-state index contributed by atoms with van der Waals surface area (Å²) in [5, 5.41) is 12.3. The highest BCUT2D eigenvalue weighted by Crippen LogP contribution is 2.24. The summed E-state index contributed by atoms with van der Waals surface area (Å²) in [5.74, 6) is -0.304. The highest BCUT2D eigenvalue weighted by Gasteiger charge is 2.10. The van der Waals surface area contributed by atoms with Gasteiger partial charge in [-0.1, -0.05) is 23.2 Å². The number of nitriles is 1. The third-order valence-electron chi connectivity index (χ3n) is 2.65. The number of benzene rings is 2. The van der Waals surface area contributed by atoms with Gasteiger partial charge in [-0.15, -0.1) is 0 Å². The van der Waals surface area contributed by atoms with E-state index in [1.165, 1.54) is 6.07 Å². The van der Waals surface area contributed by atoms with Crippen LogP contribution < -0.4 is 5.32 Å². The fourth-order valence-electron chi connectivity index (χ4n) is 1.75. The van der Waals surface area contributed by atoms with Gasteiger partial charge < -0.3 is 5.32 Å². The van der Waals surface area contributed by atoms with Crippen molar-refractivity contribution in [3.8, 4) is 6.07 Å². The first kappa shape index (κ1) is 14.4. The van der Waals surface area contributed by atoms with Gasteiger partial charge >= 0.3 is 0 Å².